The van der Waals surface area contributed by atoms with E-state index in [9.17, 15) is 54.7 Å². The third-order valence-corrected chi connectivity index (χ3v) is 20.2. The number of halogens is 8. The summed E-state index contributed by atoms with van der Waals surface area (Å²) in [6, 6.07) is 38.0. The lowest BCUT2D eigenvalue weighted by atomic mass is 9.72. The number of nitrogens with one attached hydrogen (secondary N) is 2. The van der Waals surface area contributed by atoms with Crippen LogP contribution in [0, 0.1) is 5.82 Å². The molecule has 6 aromatic rings. The van der Waals surface area contributed by atoms with Crippen molar-refractivity contribution in [2.75, 3.05) is 117 Å². The van der Waals surface area contributed by atoms with Crippen molar-refractivity contribution in [1.29, 1.82) is 0 Å². The zero-order valence-corrected chi connectivity index (χ0v) is 57.0. The summed E-state index contributed by atoms with van der Waals surface area (Å²) in [5.41, 5.74) is 1.07. The third-order valence-electron chi connectivity index (χ3n) is 19.6. The highest BCUT2D eigenvalue weighted by molar-refractivity contribution is 9.10. The molecule has 1 aliphatic carbocycles. The van der Waals surface area contributed by atoms with E-state index in [0.29, 0.717) is 107 Å². The van der Waals surface area contributed by atoms with Crippen LogP contribution in [-0.4, -0.2) is 178 Å². The third kappa shape index (κ3) is 18.3. The van der Waals surface area contributed by atoms with Crippen LogP contribution >= 0.6 is 15.9 Å². The van der Waals surface area contributed by atoms with Crippen molar-refractivity contribution < 1.29 is 68.9 Å². The van der Waals surface area contributed by atoms with Gasteiger partial charge < -0.3 is 48.9 Å². The topological polar surface area (TPSA) is 157 Å². The van der Waals surface area contributed by atoms with E-state index < -0.39 is 64.6 Å². The highest BCUT2D eigenvalue weighted by Gasteiger charge is 2.50. The Kier molecular flexibility index (Phi) is 24.1. The number of fused-ring (bicyclic) bond motifs is 2. The number of piperidine rings is 2. The van der Waals surface area contributed by atoms with Crippen molar-refractivity contribution >= 4 is 57.0 Å². The number of rotatable bonds is 26. The lowest BCUT2D eigenvalue weighted by Gasteiger charge is -2.44. The number of hydrogen-bond acceptors (Lipinski definition) is 11. The summed E-state index contributed by atoms with van der Waals surface area (Å²) in [6.45, 7) is 5.23. The Bertz CT molecular complexity index is 3710. The van der Waals surface area contributed by atoms with Gasteiger partial charge in [0.05, 0.1) is 33.9 Å². The van der Waals surface area contributed by atoms with Crippen LogP contribution < -0.4 is 10.6 Å². The van der Waals surface area contributed by atoms with E-state index in [0.717, 1.165) is 84.6 Å². The highest BCUT2D eigenvalue weighted by Crippen LogP contribution is 2.49. The Hall–Kier alpha value is -7.90. The van der Waals surface area contributed by atoms with Crippen molar-refractivity contribution in [1.82, 2.24) is 29.4 Å². The monoisotopic (exact) mass is 1420 g/mol. The number of amides is 5. The van der Waals surface area contributed by atoms with Crippen LogP contribution in [0.1, 0.15) is 113 Å². The molecule has 98 heavy (non-hydrogen) atoms. The van der Waals surface area contributed by atoms with Crippen LogP contribution in [0.2, 0.25) is 0 Å². The van der Waals surface area contributed by atoms with E-state index >= 15 is 0 Å². The van der Waals surface area contributed by atoms with Gasteiger partial charge in [0.2, 0.25) is 11.8 Å². The smallest absolute Gasteiger partial charge is 0.416 e. The van der Waals surface area contributed by atoms with Gasteiger partial charge in [0, 0.05) is 108 Å². The fourth-order valence-corrected chi connectivity index (χ4v) is 14.1. The number of benzene rings is 6. The molecule has 6 aromatic carbocycles. The van der Waals surface area contributed by atoms with Crippen molar-refractivity contribution in [2.45, 2.75) is 106 Å². The maximum atomic E-state index is 14.6. The molecule has 2 N–H and O–H groups in total. The zero-order chi connectivity index (χ0) is 69.8. The van der Waals surface area contributed by atoms with Crippen LogP contribution in [0.25, 0.3) is 11.1 Å². The minimum Gasteiger partial charge on any atom is -0.446 e. The number of likely N-dealkylation sites (tertiary alicyclic amines) is 2. The molecule has 524 valence electrons. The summed E-state index contributed by atoms with van der Waals surface area (Å²) in [5, 5.41) is 6.35. The Morgan fingerprint density at radius 1 is 0.673 bits per heavy atom. The highest BCUT2D eigenvalue weighted by atomic mass is 79.9. The van der Waals surface area contributed by atoms with Gasteiger partial charge in [-0.25, -0.2) is 9.18 Å². The van der Waals surface area contributed by atoms with E-state index in [4.69, 9.17) is 14.2 Å². The fourth-order valence-electron chi connectivity index (χ4n) is 13.7. The predicted molar refractivity (Wildman–Crippen MR) is 363 cm³/mol. The Morgan fingerprint density at radius 2 is 1.33 bits per heavy atom. The lowest BCUT2D eigenvalue weighted by molar-refractivity contribution is -0.143. The summed E-state index contributed by atoms with van der Waals surface area (Å²) in [5.74, 6) is -1.88. The van der Waals surface area contributed by atoms with Crippen LogP contribution in [0.3, 0.4) is 0 Å². The number of carbonyl (C=O) groups is 5. The Morgan fingerprint density at radius 3 is 2.03 bits per heavy atom. The van der Waals surface area contributed by atoms with Gasteiger partial charge >= 0.3 is 18.4 Å². The summed E-state index contributed by atoms with van der Waals surface area (Å²) < 4.78 is 116. The number of ether oxygens (including phenoxy) is 3. The van der Waals surface area contributed by atoms with Crippen molar-refractivity contribution in [3.8, 4) is 11.1 Å². The molecule has 3 heterocycles. The molecule has 24 heteroatoms. The molecule has 1 spiro atoms. The average Bonchev–Trinajstić information content (AvgIpc) is 1.58. The predicted octanol–water partition coefficient (Wildman–Crippen LogP) is 13.7. The Balaban J connectivity index is 0.608. The standard InChI is InChI=1S/C74H84BrF7N8O8/c1-85(34-14-35-87(3)68(93)52-22-25-58(26-23-52)83-33-13-5-8-21-66(91)86(2)41-42-88-36-28-59(29-37-88)98-70(95)84-64-20-12-10-18-60(64)51-15-6-4-7-16-51)67(92)48-96-65-45-53-17-9-11-19-61(53)71(65)30-38-89(39-31-71)40-32-72(55-24-27-63(76)62(75)47-55)49-90(50-97-72)69(94)54-43-56(73(77,78)79)46-57(44-54)74(80,81)82/h4,6-7,9-12,15-20,22-27,43-44,46-47,59,65,83H,5,8,13-14,21,28-42,45,48-50H2,1-3H3,(H,84,95)/t65-,72+/m0/s1. The molecule has 0 unspecified atom stereocenters. The molecule has 0 bridgehead atoms. The number of anilines is 2. The number of nitrogens with zero attached hydrogens (tertiary/aromatic N) is 6. The quantitative estimate of drug-likeness (QED) is 0.0394. The van der Waals surface area contributed by atoms with Crippen LogP contribution in [0.15, 0.2) is 144 Å². The molecule has 0 aromatic heterocycles. The fraction of sp³-hybridized carbons (Fsp3) is 0.446. The number of unbranched alkanes of at least 4 members (excludes halogenated alkanes) is 2. The first-order valence-corrected chi connectivity index (χ1v) is 34.2. The summed E-state index contributed by atoms with van der Waals surface area (Å²) in [4.78, 5) is 77.4. The molecule has 5 amide bonds. The van der Waals surface area contributed by atoms with Gasteiger partial charge in [0.1, 0.15) is 30.9 Å². The van der Waals surface area contributed by atoms with Crippen LogP contribution in [0.5, 0.6) is 0 Å². The molecular formula is C74H84BrF7N8O8. The average molecular weight is 1430 g/mol. The largest absolute Gasteiger partial charge is 0.446 e. The molecule has 3 saturated heterocycles. The first kappa shape index (κ1) is 72.8. The van der Waals surface area contributed by atoms with Gasteiger partial charge in [0.15, 0.2) is 0 Å². The second-order valence-corrected chi connectivity index (χ2v) is 27.0. The van der Waals surface area contributed by atoms with E-state index in [1.54, 1.807) is 40.9 Å². The second-order valence-electron chi connectivity index (χ2n) is 26.1. The van der Waals surface area contributed by atoms with Gasteiger partial charge in [-0.2, -0.15) is 26.3 Å². The summed E-state index contributed by atoms with van der Waals surface area (Å²) >= 11 is 3.22. The summed E-state index contributed by atoms with van der Waals surface area (Å²) in [7, 11) is 5.30. The van der Waals surface area contributed by atoms with E-state index in [2.05, 4.69) is 48.5 Å². The summed E-state index contributed by atoms with van der Waals surface area (Å²) in [6.07, 6.45) is -4.10. The first-order chi connectivity index (χ1) is 46.9. The van der Waals surface area contributed by atoms with Gasteiger partial charge in [-0.05, 0) is 170 Å². The van der Waals surface area contributed by atoms with Gasteiger partial charge in [-0.1, -0.05) is 85.3 Å². The Labute approximate surface area is 575 Å². The SMILES string of the molecule is CN(CCN1CCC(OC(=O)Nc2ccccc2-c2ccccc2)CC1)C(=O)CCCCCNc1ccc(C(=O)N(C)CCCN(C)C(=O)CO[C@H]2Cc3ccccc3C23CCN(CC[C@]2(c4ccc(F)c(Br)c4)CN(C(=O)c4cc(C(F)(F)F)cc(C(F)(F)F)c4)CO2)CC3)cc1. The molecule has 16 nitrogen and oxygen atoms in total. The molecule has 3 fully saturated rings. The first-order valence-electron chi connectivity index (χ1n) is 33.4. The number of likely N-dealkylation sites (N-methyl/N-ethyl adjacent to an activating group) is 2. The zero-order valence-electron chi connectivity index (χ0n) is 55.4. The molecule has 10 rings (SSSR count). The van der Waals surface area contributed by atoms with Gasteiger partial charge in [0.25, 0.3) is 11.8 Å². The number of hydrogen-bond donors (Lipinski definition) is 2. The number of carbonyl (C=O) groups excluding carboxylic acids is 5. The van der Waals surface area contributed by atoms with Gasteiger partial charge in [-0.3, -0.25) is 24.5 Å². The number of para-hydroxylation sites is 1. The molecule has 3 aliphatic heterocycles. The molecule has 4 aliphatic rings. The van der Waals surface area contributed by atoms with Crippen molar-refractivity contribution in [2.24, 2.45) is 0 Å². The molecule has 2 atom stereocenters. The van der Waals surface area contributed by atoms with Gasteiger partial charge in [-0.15, -0.1) is 0 Å². The number of alkyl halides is 6. The lowest BCUT2D eigenvalue weighted by Crippen LogP contribution is -2.50. The van der Waals surface area contributed by atoms with Crippen LogP contribution in [0.4, 0.5) is 46.9 Å². The minimum absolute atomic E-state index is 0.0310. The maximum Gasteiger partial charge on any atom is 0.416 e. The van der Waals surface area contributed by atoms with E-state index in [1.165, 1.54) is 18.2 Å². The molecule has 0 radical (unpaired) electrons. The molecule has 0 saturated carbocycles. The normalized spacial score (nSPS) is 18.1. The van der Waals surface area contributed by atoms with Crippen molar-refractivity contribution in [3.63, 3.8) is 0 Å². The van der Waals surface area contributed by atoms with Crippen LogP contribution in [-0.2, 0) is 53.6 Å². The second kappa shape index (κ2) is 32.4. The van der Waals surface area contributed by atoms with E-state index in [-0.39, 0.29) is 60.0 Å². The van der Waals surface area contributed by atoms with E-state index in [1.807, 2.05) is 85.9 Å². The maximum absolute atomic E-state index is 14.6. The minimum atomic E-state index is -5.16. The van der Waals surface area contributed by atoms with Crippen molar-refractivity contribution in [3.05, 3.63) is 189 Å². The molecular weight excluding hydrogens is 1340 g/mol.